The Morgan fingerprint density at radius 3 is 2.57 bits per heavy atom. The molecular formula is C22H27N3O4S. The van der Waals surface area contributed by atoms with Crippen LogP contribution >= 0.6 is 0 Å². The smallest absolute Gasteiger partial charge is 0.256 e. The van der Waals surface area contributed by atoms with Gasteiger partial charge in [-0.2, -0.15) is 4.31 Å². The standard InChI is InChI=1S/C22H27N3O4S/c1-6-29-18-11-15(3)19(12-14(18)2)30(27,28)24-9-10-25-21(26)17-8-7-16(4)23-20(17)22(25,5)13-24/h7-8,11-12H,6,9-10,13H2,1-5H3. The zero-order valence-electron chi connectivity index (χ0n) is 18.0. The summed E-state index contributed by atoms with van der Waals surface area (Å²) < 4.78 is 34.3. The first-order valence-electron chi connectivity index (χ1n) is 10.1. The number of fused-ring (bicyclic) bond motifs is 3. The number of rotatable bonds is 4. The molecule has 1 amide bonds. The second kappa shape index (κ2) is 7.06. The van der Waals surface area contributed by atoms with Crippen molar-refractivity contribution in [3.05, 3.63) is 52.3 Å². The van der Waals surface area contributed by atoms with Crippen LogP contribution in [0.1, 0.15) is 46.7 Å². The second-order valence-corrected chi connectivity index (χ2v) is 10.1. The second-order valence-electron chi connectivity index (χ2n) is 8.23. The molecule has 1 atom stereocenters. The number of nitrogens with zero attached hydrogens (tertiary/aromatic N) is 3. The van der Waals surface area contributed by atoms with Gasteiger partial charge in [0.15, 0.2) is 0 Å². The van der Waals surface area contributed by atoms with E-state index in [4.69, 9.17) is 4.74 Å². The average Bonchev–Trinajstić information content (AvgIpc) is 2.91. The number of sulfonamides is 1. The van der Waals surface area contributed by atoms with Crippen molar-refractivity contribution in [2.24, 2.45) is 0 Å². The summed E-state index contributed by atoms with van der Waals surface area (Å²) in [6.07, 6.45) is 0. The van der Waals surface area contributed by atoms with E-state index in [-0.39, 0.29) is 23.9 Å². The molecular weight excluding hydrogens is 402 g/mol. The number of aryl methyl sites for hydroxylation is 3. The van der Waals surface area contributed by atoms with E-state index in [1.807, 2.05) is 33.8 Å². The Bertz CT molecular complexity index is 1150. The molecule has 160 valence electrons. The molecule has 0 saturated carbocycles. The molecule has 0 spiro atoms. The van der Waals surface area contributed by atoms with Crippen molar-refractivity contribution in [3.63, 3.8) is 0 Å². The molecule has 0 N–H and O–H groups in total. The van der Waals surface area contributed by atoms with Gasteiger partial charge >= 0.3 is 0 Å². The highest BCUT2D eigenvalue weighted by Gasteiger charge is 2.52. The lowest BCUT2D eigenvalue weighted by molar-refractivity contribution is 0.0365. The summed E-state index contributed by atoms with van der Waals surface area (Å²) in [5, 5.41) is 0. The van der Waals surface area contributed by atoms with Crippen LogP contribution in [0.2, 0.25) is 0 Å². The van der Waals surface area contributed by atoms with Crippen molar-refractivity contribution in [3.8, 4) is 5.75 Å². The predicted octanol–water partition coefficient (Wildman–Crippen LogP) is 2.78. The van der Waals surface area contributed by atoms with Crippen LogP contribution in [0.15, 0.2) is 29.2 Å². The lowest BCUT2D eigenvalue weighted by Gasteiger charge is -2.44. The van der Waals surface area contributed by atoms with E-state index in [1.54, 1.807) is 30.0 Å². The molecule has 2 aromatic rings. The fourth-order valence-corrected chi connectivity index (χ4v) is 6.29. The number of piperazine rings is 1. The number of hydrogen-bond donors (Lipinski definition) is 0. The number of carbonyl (C=O) groups excluding carboxylic acids is 1. The SMILES string of the molecule is CCOc1cc(C)c(S(=O)(=O)N2CCN3C(=O)c4ccc(C)nc4C3(C)C2)cc1C. The average molecular weight is 430 g/mol. The van der Waals surface area contributed by atoms with Crippen LogP contribution in [-0.4, -0.2) is 54.8 Å². The van der Waals surface area contributed by atoms with Crippen molar-refractivity contribution < 1.29 is 17.9 Å². The lowest BCUT2D eigenvalue weighted by Crippen LogP contribution is -2.58. The number of benzene rings is 1. The summed E-state index contributed by atoms with van der Waals surface area (Å²) in [6, 6.07) is 7.07. The highest BCUT2D eigenvalue weighted by molar-refractivity contribution is 7.89. The van der Waals surface area contributed by atoms with Gasteiger partial charge in [0.05, 0.1) is 28.3 Å². The normalized spacial score (nSPS) is 21.5. The van der Waals surface area contributed by atoms with Gasteiger partial charge in [-0.25, -0.2) is 8.42 Å². The molecule has 1 saturated heterocycles. The third-order valence-corrected chi connectivity index (χ3v) is 8.05. The van der Waals surface area contributed by atoms with E-state index < -0.39 is 15.6 Å². The van der Waals surface area contributed by atoms with E-state index in [1.165, 1.54) is 4.31 Å². The number of amides is 1. The molecule has 0 radical (unpaired) electrons. The lowest BCUT2D eigenvalue weighted by atomic mass is 9.95. The van der Waals surface area contributed by atoms with Gasteiger partial charge < -0.3 is 9.64 Å². The van der Waals surface area contributed by atoms with Crippen molar-refractivity contribution in [1.29, 1.82) is 0 Å². The Kier molecular flexibility index (Phi) is 4.90. The highest BCUT2D eigenvalue weighted by atomic mass is 32.2. The number of pyridine rings is 1. The zero-order valence-corrected chi connectivity index (χ0v) is 18.8. The van der Waals surface area contributed by atoms with Crippen molar-refractivity contribution in [2.45, 2.75) is 45.1 Å². The summed E-state index contributed by atoms with van der Waals surface area (Å²) in [7, 11) is -3.74. The molecule has 2 aliphatic rings. The topological polar surface area (TPSA) is 79.8 Å². The molecule has 1 aromatic carbocycles. The van der Waals surface area contributed by atoms with Crippen LogP contribution in [0.25, 0.3) is 0 Å². The summed E-state index contributed by atoms with van der Waals surface area (Å²) >= 11 is 0. The Morgan fingerprint density at radius 2 is 1.87 bits per heavy atom. The van der Waals surface area contributed by atoms with Gasteiger partial charge in [0.2, 0.25) is 10.0 Å². The fourth-order valence-electron chi connectivity index (χ4n) is 4.48. The zero-order chi connectivity index (χ0) is 21.8. The van der Waals surface area contributed by atoms with Gasteiger partial charge in [0.25, 0.3) is 5.91 Å². The molecule has 30 heavy (non-hydrogen) atoms. The number of ether oxygens (including phenoxy) is 1. The van der Waals surface area contributed by atoms with Gasteiger partial charge in [0, 0.05) is 25.3 Å². The maximum absolute atomic E-state index is 13.6. The maximum Gasteiger partial charge on any atom is 0.256 e. The summed E-state index contributed by atoms with van der Waals surface area (Å²) in [6.45, 7) is 10.6. The number of aromatic nitrogens is 1. The maximum atomic E-state index is 13.6. The van der Waals surface area contributed by atoms with E-state index in [0.29, 0.717) is 35.7 Å². The predicted molar refractivity (Wildman–Crippen MR) is 113 cm³/mol. The summed E-state index contributed by atoms with van der Waals surface area (Å²) in [5.74, 6) is 0.617. The van der Waals surface area contributed by atoms with Gasteiger partial charge in [-0.05, 0) is 70.0 Å². The minimum absolute atomic E-state index is 0.0786. The van der Waals surface area contributed by atoms with Crippen molar-refractivity contribution >= 4 is 15.9 Å². The molecule has 7 nitrogen and oxygen atoms in total. The quantitative estimate of drug-likeness (QED) is 0.747. The van der Waals surface area contributed by atoms with E-state index in [0.717, 1.165) is 11.3 Å². The fraction of sp³-hybridized carbons (Fsp3) is 0.455. The Morgan fingerprint density at radius 1 is 1.13 bits per heavy atom. The van der Waals surface area contributed by atoms with E-state index >= 15 is 0 Å². The molecule has 0 bridgehead atoms. The molecule has 0 aliphatic carbocycles. The van der Waals surface area contributed by atoms with Crippen LogP contribution in [0.3, 0.4) is 0 Å². The van der Waals surface area contributed by atoms with Gasteiger partial charge in [0.1, 0.15) is 5.75 Å². The highest BCUT2D eigenvalue weighted by Crippen LogP contribution is 2.42. The molecule has 1 unspecified atom stereocenters. The van der Waals surface area contributed by atoms with Crippen LogP contribution < -0.4 is 4.74 Å². The van der Waals surface area contributed by atoms with Crippen LogP contribution in [0, 0.1) is 20.8 Å². The van der Waals surface area contributed by atoms with Gasteiger partial charge in [-0.3, -0.25) is 9.78 Å². The monoisotopic (exact) mass is 429 g/mol. The molecule has 2 aliphatic heterocycles. The largest absolute Gasteiger partial charge is 0.494 e. The molecule has 1 aromatic heterocycles. The Labute approximate surface area is 177 Å². The van der Waals surface area contributed by atoms with Crippen molar-refractivity contribution in [2.75, 3.05) is 26.2 Å². The molecule has 3 heterocycles. The van der Waals surface area contributed by atoms with Gasteiger partial charge in [-0.1, -0.05) is 0 Å². The van der Waals surface area contributed by atoms with Crippen molar-refractivity contribution in [1.82, 2.24) is 14.2 Å². The minimum Gasteiger partial charge on any atom is -0.494 e. The van der Waals surface area contributed by atoms with Crippen LogP contribution in [0.4, 0.5) is 0 Å². The van der Waals surface area contributed by atoms with E-state index in [9.17, 15) is 13.2 Å². The Balaban J connectivity index is 1.73. The third-order valence-electron chi connectivity index (χ3n) is 6.06. The summed E-state index contributed by atoms with van der Waals surface area (Å²) in [5.41, 5.74) is 2.68. The molecule has 8 heteroatoms. The Hall–Kier alpha value is -2.45. The minimum atomic E-state index is -3.74. The summed E-state index contributed by atoms with van der Waals surface area (Å²) in [4.78, 5) is 19.5. The van der Waals surface area contributed by atoms with Crippen LogP contribution in [-0.2, 0) is 15.6 Å². The van der Waals surface area contributed by atoms with Gasteiger partial charge in [-0.15, -0.1) is 0 Å². The number of carbonyl (C=O) groups is 1. The first-order valence-corrected chi connectivity index (χ1v) is 11.6. The number of hydrogen-bond acceptors (Lipinski definition) is 5. The third kappa shape index (κ3) is 3.01. The van der Waals surface area contributed by atoms with Crippen LogP contribution in [0.5, 0.6) is 5.75 Å². The first kappa shape index (κ1) is 20.8. The first-order chi connectivity index (χ1) is 14.1. The molecule has 1 fully saturated rings. The molecule has 4 rings (SSSR count). The van der Waals surface area contributed by atoms with E-state index in [2.05, 4.69) is 4.98 Å².